The predicted octanol–water partition coefficient (Wildman–Crippen LogP) is 3.06. The maximum atomic E-state index is 11.2. The lowest BCUT2D eigenvalue weighted by Gasteiger charge is -2.16. The summed E-state index contributed by atoms with van der Waals surface area (Å²) in [5.41, 5.74) is 1.21. The second-order valence-corrected chi connectivity index (χ2v) is 5.32. The smallest absolute Gasteiger partial charge is 0.308 e. The van der Waals surface area contributed by atoms with E-state index in [1.165, 1.54) is 6.07 Å². The highest BCUT2D eigenvalue weighted by molar-refractivity contribution is 5.71. The second kappa shape index (κ2) is 6.88. The van der Waals surface area contributed by atoms with E-state index in [-0.39, 0.29) is 18.2 Å². The summed E-state index contributed by atoms with van der Waals surface area (Å²) in [6.45, 7) is 5.91. The van der Waals surface area contributed by atoms with Crippen molar-refractivity contribution in [2.45, 2.75) is 27.2 Å². The predicted molar refractivity (Wildman–Crippen MR) is 76.9 cm³/mol. The number of nitrogens with zero attached hydrogens (tertiary/aromatic N) is 1. The Hall–Kier alpha value is -2.11. The van der Waals surface area contributed by atoms with Gasteiger partial charge in [0.05, 0.1) is 10.8 Å². The molecule has 2 N–H and O–H groups in total. The molecule has 0 aromatic heterocycles. The molecule has 0 saturated carbocycles. The van der Waals surface area contributed by atoms with E-state index in [0.717, 1.165) is 5.56 Å². The molecule has 110 valence electrons. The fourth-order valence-corrected chi connectivity index (χ4v) is 2.02. The Labute approximate surface area is 118 Å². The Kier molecular flexibility index (Phi) is 5.49. The molecule has 0 spiro atoms. The number of aryl methyl sites for hydroxylation is 1. The van der Waals surface area contributed by atoms with E-state index in [4.69, 9.17) is 5.11 Å². The molecule has 1 atom stereocenters. The van der Waals surface area contributed by atoms with Crippen molar-refractivity contribution in [3.05, 3.63) is 33.9 Å². The van der Waals surface area contributed by atoms with Gasteiger partial charge in [0.15, 0.2) is 0 Å². The summed E-state index contributed by atoms with van der Waals surface area (Å²) < 4.78 is 0. The summed E-state index contributed by atoms with van der Waals surface area (Å²) in [4.78, 5) is 21.6. The van der Waals surface area contributed by atoms with Crippen LogP contribution in [0.3, 0.4) is 0 Å². The molecule has 20 heavy (non-hydrogen) atoms. The summed E-state index contributed by atoms with van der Waals surface area (Å²) in [5.74, 6) is -1.19. The first-order valence-corrected chi connectivity index (χ1v) is 6.53. The van der Waals surface area contributed by atoms with Crippen LogP contribution in [-0.2, 0) is 4.79 Å². The van der Waals surface area contributed by atoms with Crippen LogP contribution in [-0.4, -0.2) is 22.5 Å². The molecule has 0 heterocycles. The van der Waals surface area contributed by atoms with Crippen molar-refractivity contribution in [1.82, 2.24) is 0 Å². The highest BCUT2D eigenvalue weighted by Gasteiger charge is 2.20. The molecule has 1 aromatic carbocycles. The minimum atomic E-state index is -0.887. The zero-order chi connectivity index (χ0) is 15.3. The number of rotatable bonds is 7. The minimum Gasteiger partial charge on any atom is -0.481 e. The molecule has 0 radical (unpaired) electrons. The van der Waals surface area contributed by atoms with Gasteiger partial charge in [-0.15, -0.1) is 0 Å². The lowest BCUT2D eigenvalue weighted by molar-refractivity contribution is -0.384. The van der Waals surface area contributed by atoms with Gasteiger partial charge in [0.25, 0.3) is 5.69 Å². The van der Waals surface area contributed by atoms with E-state index in [1.807, 2.05) is 20.8 Å². The third-order valence-electron chi connectivity index (χ3n) is 2.99. The van der Waals surface area contributed by atoms with Gasteiger partial charge in [0.2, 0.25) is 0 Å². The number of nitro benzene ring substituents is 1. The Morgan fingerprint density at radius 2 is 2.10 bits per heavy atom. The van der Waals surface area contributed by atoms with Crippen molar-refractivity contribution in [2.75, 3.05) is 11.9 Å². The van der Waals surface area contributed by atoms with Crippen LogP contribution >= 0.6 is 0 Å². The zero-order valence-electron chi connectivity index (χ0n) is 11.9. The Bertz CT molecular complexity index is 500. The van der Waals surface area contributed by atoms with Crippen molar-refractivity contribution in [3.63, 3.8) is 0 Å². The van der Waals surface area contributed by atoms with Gasteiger partial charge in [0, 0.05) is 12.6 Å². The lowest BCUT2D eigenvalue weighted by Crippen LogP contribution is -2.24. The number of hydrogen-bond donors (Lipinski definition) is 2. The number of carbonyl (C=O) groups is 1. The second-order valence-electron chi connectivity index (χ2n) is 5.32. The van der Waals surface area contributed by atoms with Gasteiger partial charge >= 0.3 is 5.97 Å². The maximum absolute atomic E-state index is 11.2. The average molecular weight is 280 g/mol. The Morgan fingerprint density at radius 1 is 1.45 bits per heavy atom. The van der Waals surface area contributed by atoms with Crippen LogP contribution in [0.15, 0.2) is 18.2 Å². The molecule has 0 fully saturated rings. The maximum Gasteiger partial charge on any atom is 0.308 e. The van der Waals surface area contributed by atoms with Gasteiger partial charge in [-0.3, -0.25) is 14.9 Å². The number of hydrogen-bond acceptors (Lipinski definition) is 4. The van der Waals surface area contributed by atoms with Crippen LogP contribution in [0.25, 0.3) is 0 Å². The van der Waals surface area contributed by atoms with Gasteiger partial charge in [-0.25, -0.2) is 0 Å². The highest BCUT2D eigenvalue weighted by atomic mass is 16.6. The summed E-state index contributed by atoms with van der Waals surface area (Å²) in [7, 11) is 0. The zero-order valence-corrected chi connectivity index (χ0v) is 11.9. The molecule has 1 aromatic rings. The van der Waals surface area contributed by atoms with E-state index in [1.54, 1.807) is 12.1 Å². The quantitative estimate of drug-likeness (QED) is 0.591. The summed E-state index contributed by atoms with van der Waals surface area (Å²) in [5, 5.41) is 23.0. The molecule has 0 aliphatic rings. The number of aliphatic carboxylic acids is 1. The van der Waals surface area contributed by atoms with Crippen LogP contribution in [0.1, 0.15) is 25.8 Å². The summed E-state index contributed by atoms with van der Waals surface area (Å²) >= 11 is 0. The molecular weight excluding hydrogens is 260 g/mol. The van der Waals surface area contributed by atoms with E-state index >= 15 is 0 Å². The third kappa shape index (κ3) is 4.53. The fourth-order valence-electron chi connectivity index (χ4n) is 2.02. The highest BCUT2D eigenvalue weighted by Crippen LogP contribution is 2.26. The Balaban J connectivity index is 2.84. The molecule has 0 bridgehead atoms. The first-order chi connectivity index (χ1) is 9.31. The molecular formula is C14H20N2O4. The molecule has 0 amide bonds. The molecule has 1 rings (SSSR count). The van der Waals surface area contributed by atoms with Gasteiger partial charge in [-0.1, -0.05) is 19.9 Å². The molecule has 6 nitrogen and oxygen atoms in total. The van der Waals surface area contributed by atoms with Gasteiger partial charge in [-0.05, 0) is 30.9 Å². The fraction of sp³-hybridized carbons (Fsp3) is 0.500. The van der Waals surface area contributed by atoms with Crippen molar-refractivity contribution in [3.8, 4) is 0 Å². The molecule has 6 heteroatoms. The van der Waals surface area contributed by atoms with Crippen molar-refractivity contribution >= 4 is 17.3 Å². The van der Waals surface area contributed by atoms with Crippen molar-refractivity contribution < 1.29 is 14.8 Å². The van der Waals surface area contributed by atoms with Gasteiger partial charge in [-0.2, -0.15) is 0 Å². The monoisotopic (exact) mass is 280 g/mol. The van der Waals surface area contributed by atoms with Crippen molar-refractivity contribution in [1.29, 1.82) is 0 Å². The van der Waals surface area contributed by atoms with Gasteiger partial charge in [0.1, 0.15) is 5.69 Å². The standard InChI is InChI=1S/C14H20N2O4/c1-9(2)6-11(14(17)18)8-15-12-7-10(3)4-5-13(12)16(19)20/h4-5,7,9,11,15H,6,8H2,1-3H3,(H,17,18). The number of nitrogens with one attached hydrogen (secondary N) is 1. The average Bonchev–Trinajstić information content (AvgIpc) is 2.33. The number of carboxylic acids is 1. The van der Waals surface area contributed by atoms with E-state index in [2.05, 4.69) is 5.32 Å². The first-order valence-electron chi connectivity index (χ1n) is 6.53. The third-order valence-corrected chi connectivity index (χ3v) is 2.99. The molecule has 1 unspecified atom stereocenters. The lowest BCUT2D eigenvalue weighted by atomic mass is 9.97. The van der Waals surface area contributed by atoms with Crippen LogP contribution < -0.4 is 5.32 Å². The molecule has 0 aliphatic heterocycles. The molecule has 0 aliphatic carbocycles. The van der Waals surface area contributed by atoms with E-state index < -0.39 is 16.8 Å². The first kappa shape index (κ1) is 15.9. The van der Waals surface area contributed by atoms with Crippen molar-refractivity contribution in [2.24, 2.45) is 11.8 Å². The largest absolute Gasteiger partial charge is 0.481 e. The van der Waals surface area contributed by atoms with E-state index in [0.29, 0.717) is 12.1 Å². The summed E-state index contributed by atoms with van der Waals surface area (Å²) in [6, 6.07) is 4.74. The van der Waals surface area contributed by atoms with Crippen LogP contribution in [0.5, 0.6) is 0 Å². The topological polar surface area (TPSA) is 92.5 Å². The van der Waals surface area contributed by atoms with Gasteiger partial charge < -0.3 is 10.4 Å². The number of carboxylic acid groups (broad SMARTS) is 1. The normalized spacial score (nSPS) is 12.2. The molecule has 0 saturated heterocycles. The Morgan fingerprint density at radius 3 is 2.60 bits per heavy atom. The summed E-state index contributed by atoms with van der Waals surface area (Å²) in [6.07, 6.45) is 0.530. The minimum absolute atomic E-state index is 0.0377. The number of benzene rings is 1. The van der Waals surface area contributed by atoms with Crippen LogP contribution in [0.2, 0.25) is 0 Å². The number of nitro groups is 1. The number of anilines is 1. The van der Waals surface area contributed by atoms with E-state index in [9.17, 15) is 14.9 Å². The SMILES string of the molecule is Cc1ccc([N+](=O)[O-])c(NCC(CC(C)C)C(=O)O)c1. The van der Waals surface area contributed by atoms with Crippen LogP contribution in [0.4, 0.5) is 11.4 Å². The van der Waals surface area contributed by atoms with Crippen LogP contribution in [0, 0.1) is 28.9 Å².